The summed E-state index contributed by atoms with van der Waals surface area (Å²) in [4.78, 5) is 27.9. The van der Waals surface area contributed by atoms with E-state index in [9.17, 15) is 14.7 Å². The highest BCUT2D eigenvalue weighted by Gasteiger charge is 2.40. The number of carboxylic acids is 1. The largest absolute Gasteiger partial charge is 0.481 e. The van der Waals surface area contributed by atoms with Crippen molar-refractivity contribution < 1.29 is 14.7 Å². The molecule has 2 unspecified atom stereocenters. The number of carbonyl (C=O) groups excluding carboxylic acids is 1. The third-order valence-corrected chi connectivity index (χ3v) is 4.20. The molecule has 1 fully saturated rings. The molecule has 0 aromatic rings. The van der Waals surface area contributed by atoms with E-state index in [0.717, 1.165) is 19.5 Å². The minimum Gasteiger partial charge on any atom is -0.481 e. The Morgan fingerprint density at radius 2 is 1.65 bits per heavy atom. The van der Waals surface area contributed by atoms with Crippen molar-refractivity contribution in [3.8, 4) is 0 Å². The zero-order valence-electron chi connectivity index (χ0n) is 13.3. The summed E-state index contributed by atoms with van der Waals surface area (Å²) in [6, 6.07) is 0.519. The van der Waals surface area contributed by atoms with Gasteiger partial charge < -0.3 is 10.0 Å². The smallest absolute Gasteiger partial charge is 0.316 e. The van der Waals surface area contributed by atoms with Crippen molar-refractivity contribution in [1.29, 1.82) is 0 Å². The molecule has 5 nitrogen and oxygen atoms in total. The standard InChI is InChI=1S/C15H28N2O3/c1-6-11(2)16-7-9-17(10-8-16)13(18)12(14(19)20)15(3,4)5/h11-12H,6-10H2,1-5H3,(H,19,20). The van der Waals surface area contributed by atoms with E-state index in [-0.39, 0.29) is 5.91 Å². The minimum absolute atomic E-state index is 0.242. The predicted molar refractivity (Wildman–Crippen MR) is 78.5 cm³/mol. The molecular formula is C15H28N2O3. The van der Waals surface area contributed by atoms with Gasteiger partial charge in [0.2, 0.25) is 5.91 Å². The summed E-state index contributed by atoms with van der Waals surface area (Å²) < 4.78 is 0. The molecule has 5 heteroatoms. The number of carbonyl (C=O) groups is 2. The van der Waals surface area contributed by atoms with Gasteiger partial charge in [0, 0.05) is 32.2 Å². The highest BCUT2D eigenvalue weighted by atomic mass is 16.4. The first-order valence-corrected chi connectivity index (χ1v) is 7.44. The van der Waals surface area contributed by atoms with Crippen LogP contribution in [0.4, 0.5) is 0 Å². The molecule has 1 aliphatic rings. The zero-order chi connectivity index (χ0) is 15.5. The number of aliphatic carboxylic acids is 1. The third kappa shape index (κ3) is 3.95. The Morgan fingerprint density at radius 1 is 1.15 bits per heavy atom. The van der Waals surface area contributed by atoms with Crippen LogP contribution in [0, 0.1) is 11.3 Å². The van der Waals surface area contributed by atoms with Crippen molar-refractivity contribution in [3.63, 3.8) is 0 Å². The third-order valence-electron chi connectivity index (χ3n) is 4.20. The summed E-state index contributed by atoms with van der Waals surface area (Å²) in [5.41, 5.74) is -0.559. The summed E-state index contributed by atoms with van der Waals surface area (Å²) in [6.07, 6.45) is 1.09. The fourth-order valence-corrected chi connectivity index (χ4v) is 2.67. The van der Waals surface area contributed by atoms with E-state index in [1.165, 1.54) is 0 Å². The van der Waals surface area contributed by atoms with E-state index in [4.69, 9.17) is 0 Å². The monoisotopic (exact) mass is 284 g/mol. The molecule has 1 N–H and O–H groups in total. The van der Waals surface area contributed by atoms with Crippen LogP contribution in [0.5, 0.6) is 0 Å². The van der Waals surface area contributed by atoms with Crippen molar-refractivity contribution in [3.05, 3.63) is 0 Å². The highest BCUT2D eigenvalue weighted by Crippen LogP contribution is 2.28. The molecule has 0 aromatic heterocycles. The van der Waals surface area contributed by atoms with E-state index in [2.05, 4.69) is 18.7 Å². The van der Waals surface area contributed by atoms with Gasteiger partial charge in [-0.15, -0.1) is 0 Å². The molecule has 20 heavy (non-hydrogen) atoms. The molecule has 116 valence electrons. The number of amides is 1. The molecule has 0 radical (unpaired) electrons. The fourth-order valence-electron chi connectivity index (χ4n) is 2.67. The lowest BCUT2D eigenvalue weighted by molar-refractivity contribution is -0.157. The molecule has 0 bridgehead atoms. The van der Waals surface area contributed by atoms with Gasteiger partial charge in [-0.3, -0.25) is 14.5 Å². The predicted octanol–water partition coefficient (Wildman–Crippen LogP) is 1.68. The van der Waals surface area contributed by atoms with E-state index in [1.807, 2.05) is 0 Å². The Hall–Kier alpha value is -1.10. The topological polar surface area (TPSA) is 60.9 Å². The summed E-state index contributed by atoms with van der Waals surface area (Å²) in [5, 5.41) is 9.33. The number of carboxylic acid groups (broad SMARTS) is 1. The van der Waals surface area contributed by atoms with E-state index in [0.29, 0.717) is 19.1 Å². The first kappa shape index (κ1) is 17.0. The van der Waals surface area contributed by atoms with Crippen molar-refractivity contribution in [1.82, 2.24) is 9.80 Å². The normalized spacial score (nSPS) is 20.6. The Morgan fingerprint density at radius 3 is 2.00 bits per heavy atom. The maximum Gasteiger partial charge on any atom is 0.316 e. The van der Waals surface area contributed by atoms with Crippen LogP contribution >= 0.6 is 0 Å². The van der Waals surface area contributed by atoms with Gasteiger partial charge in [-0.2, -0.15) is 0 Å². The lowest BCUT2D eigenvalue weighted by Gasteiger charge is -2.40. The lowest BCUT2D eigenvalue weighted by atomic mass is 9.79. The number of rotatable bonds is 4. The van der Waals surface area contributed by atoms with Gasteiger partial charge in [0.25, 0.3) is 0 Å². The van der Waals surface area contributed by atoms with Crippen molar-refractivity contribution in [2.24, 2.45) is 11.3 Å². The van der Waals surface area contributed by atoms with Crippen LogP contribution in [0.2, 0.25) is 0 Å². The molecule has 1 rings (SSSR count). The van der Waals surface area contributed by atoms with Crippen LogP contribution < -0.4 is 0 Å². The van der Waals surface area contributed by atoms with Crippen LogP contribution in [0.25, 0.3) is 0 Å². The second-order valence-corrected chi connectivity index (χ2v) is 6.76. The van der Waals surface area contributed by atoms with Crippen LogP contribution in [0.1, 0.15) is 41.0 Å². The molecule has 1 aliphatic heterocycles. The van der Waals surface area contributed by atoms with Crippen LogP contribution in [0.3, 0.4) is 0 Å². The number of piperazine rings is 1. The molecule has 1 saturated heterocycles. The molecule has 0 aromatic carbocycles. The van der Waals surface area contributed by atoms with Gasteiger partial charge in [0.1, 0.15) is 5.92 Å². The van der Waals surface area contributed by atoms with Gasteiger partial charge in [-0.1, -0.05) is 27.7 Å². The summed E-state index contributed by atoms with van der Waals surface area (Å²) in [7, 11) is 0. The van der Waals surface area contributed by atoms with E-state index < -0.39 is 17.3 Å². The van der Waals surface area contributed by atoms with Crippen LogP contribution in [-0.2, 0) is 9.59 Å². The molecule has 0 aliphatic carbocycles. The molecule has 1 amide bonds. The molecule has 0 spiro atoms. The lowest BCUT2D eigenvalue weighted by Crippen LogP contribution is -2.54. The first-order valence-electron chi connectivity index (χ1n) is 7.44. The molecule has 2 atom stereocenters. The van der Waals surface area contributed by atoms with E-state index >= 15 is 0 Å². The SMILES string of the molecule is CCC(C)N1CCN(C(=O)C(C(=O)O)C(C)(C)C)CC1. The van der Waals surface area contributed by atoms with Crippen molar-refractivity contribution in [2.45, 2.75) is 47.1 Å². The fraction of sp³-hybridized carbons (Fsp3) is 0.867. The second-order valence-electron chi connectivity index (χ2n) is 6.76. The Bertz CT molecular complexity index is 355. The van der Waals surface area contributed by atoms with Crippen LogP contribution in [-0.4, -0.2) is 59.0 Å². The van der Waals surface area contributed by atoms with Crippen molar-refractivity contribution in [2.75, 3.05) is 26.2 Å². The number of hydrogen-bond donors (Lipinski definition) is 1. The average Bonchev–Trinajstić information content (AvgIpc) is 2.35. The molecule has 1 heterocycles. The summed E-state index contributed by atoms with van der Waals surface area (Å²) in [6.45, 7) is 12.7. The highest BCUT2D eigenvalue weighted by molar-refractivity contribution is 5.97. The van der Waals surface area contributed by atoms with E-state index in [1.54, 1.807) is 25.7 Å². The van der Waals surface area contributed by atoms with Gasteiger partial charge in [0.05, 0.1) is 0 Å². The Balaban J connectivity index is 2.68. The minimum atomic E-state index is -1.02. The second kappa shape index (κ2) is 6.57. The summed E-state index contributed by atoms with van der Waals surface area (Å²) >= 11 is 0. The average molecular weight is 284 g/mol. The molecular weight excluding hydrogens is 256 g/mol. The number of nitrogens with zero attached hydrogens (tertiary/aromatic N) is 2. The first-order chi connectivity index (χ1) is 9.18. The zero-order valence-corrected chi connectivity index (χ0v) is 13.3. The Kier molecular flexibility index (Phi) is 5.57. The Labute approximate surface area is 121 Å². The van der Waals surface area contributed by atoms with Gasteiger partial charge in [-0.25, -0.2) is 0 Å². The maximum atomic E-state index is 12.5. The van der Waals surface area contributed by atoms with Gasteiger partial charge in [-0.05, 0) is 18.8 Å². The van der Waals surface area contributed by atoms with Crippen LogP contribution in [0.15, 0.2) is 0 Å². The quantitative estimate of drug-likeness (QED) is 0.798. The van der Waals surface area contributed by atoms with Gasteiger partial charge >= 0.3 is 5.97 Å². The maximum absolute atomic E-state index is 12.5. The van der Waals surface area contributed by atoms with Gasteiger partial charge in [0.15, 0.2) is 0 Å². The number of hydrogen-bond acceptors (Lipinski definition) is 3. The summed E-state index contributed by atoms with van der Waals surface area (Å²) in [5.74, 6) is -2.22. The van der Waals surface area contributed by atoms with Crippen molar-refractivity contribution >= 4 is 11.9 Å². The molecule has 0 saturated carbocycles.